The van der Waals surface area contributed by atoms with Crippen LogP contribution in [0, 0.1) is 13.8 Å². The third-order valence-corrected chi connectivity index (χ3v) is 4.57. The molecule has 7 heteroatoms. The zero-order chi connectivity index (χ0) is 18.8. The molecule has 1 aromatic carbocycles. The number of aromatic amines is 1. The summed E-state index contributed by atoms with van der Waals surface area (Å²) in [6.07, 6.45) is 1.72. The van der Waals surface area contributed by atoms with Crippen LogP contribution in [-0.4, -0.2) is 30.6 Å². The first-order chi connectivity index (χ1) is 13.1. The van der Waals surface area contributed by atoms with E-state index in [2.05, 4.69) is 30.0 Å². The SMILES string of the molecule is Cc1cccnc1CNC(=O)c1cc(Cn2c(C)nc3ccccc32)[nH]n1. The zero-order valence-corrected chi connectivity index (χ0v) is 15.2. The molecule has 0 fully saturated rings. The number of amides is 1. The van der Waals surface area contributed by atoms with E-state index < -0.39 is 0 Å². The molecule has 4 rings (SSSR count). The summed E-state index contributed by atoms with van der Waals surface area (Å²) in [5, 5.41) is 9.97. The highest BCUT2D eigenvalue weighted by Crippen LogP contribution is 2.17. The van der Waals surface area contributed by atoms with Crippen LogP contribution in [0.3, 0.4) is 0 Å². The highest BCUT2D eigenvalue weighted by atomic mass is 16.1. The Hall–Kier alpha value is -3.48. The standard InChI is InChI=1S/C20H20N6O/c1-13-6-5-9-21-18(13)11-22-20(27)17-10-15(24-25-17)12-26-14(2)23-16-7-3-4-8-19(16)26/h3-10H,11-12H2,1-2H3,(H,22,27)(H,24,25). The van der Waals surface area contributed by atoms with Gasteiger partial charge < -0.3 is 9.88 Å². The number of aryl methyl sites for hydroxylation is 2. The predicted octanol–water partition coefficient (Wildman–Crippen LogP) is 2.75. The van der Waals surface area contributed by atoms with Gasteiger partial charge in [-0.25, -0.2) is 4.98 Å². The molecule has 3 heterocycles. The monoisotopic (exact) mass is 360 g/mol. The lowest BCUT2D eigenvalue weighted by Gasteiger charge is -2.05. The third kappa shape index (κ3) is 3.44. The Morgan fingerprint density at radius 2 is 2.04 bits per heavy atom. The molecule has 0 saturated heterocycles. The van der Waals surface area contributed by atoms with Gasteiger partial charge in [-0.2, -0.15) is 5.10 Å². The third-order valence-electron chi connectivity index (χ3n) is 4.57. The number of rotatable bonds is 5. The lowest BCUT2D eigenvalue weighted by molar-refractivity contribution is 0.0945. The van der Waals surface area contributed by atoms with Gasteiger partial charge >= 0.3 is 0 Å². The van der Waals surface area contributed by atoms with E-state index >= 15 is 0 Å². The van der Waals surface area contributed by atoms with Gasteiger partial charge in [0.15, 0.2) is 0 Å². The lowest BCUT2D eigenvalue weighted by Crippen LogP contribution is -2.24. The number of carbonyl (C=O) groups excluding carboxylic acids is 1. The minimum Gasteiger partial charge on any atom is -0.345 e. The van der Waals surface area contributed by atoms with Gasteiger partial charge in [-0.3, -0.25) is 14.9 Å². The first kappa shape index (κ1) is 17.0. The summed E-state index contributed by atoms with van der Waals surface area (Å²) < 4.78 is 2.10. The summed E-state index contributed by atoms with van der Waals surface area (Å²) in [4.78, 5) is 21.2. The molecule has 0 spiro atoms. The first-order valence-corrected chi connectivity index (χ1v) is 8.76. The zero-order valence-electron chi connectivity index (χ0n) is 15.2. The van der Waals surface area contributed by atoms with Crippen LogP contribution >= 0.6 is 0 Å². The van der Waals surface area contributed by atoms with Crippen LogP contribution in [0.1, 0.15) is 33.3 Å². The van der Waals surface area contributed by atoms with Crippen molar-refractivity contribution >= 4 is 16.9 Å². The highest BCUT2D eigenvalue weighted by molar-refractivity contribution is 5.92. The maximum Gasteiger partial charge on any atom is 0.272 e. The van der Waals surface area contributed by atoms with Gasteiger partial charge in [0.25, 0.3) is 5.91 Å². The van der Waals surface area contributed by atoms with E-state index in [1.165, 1.54) is 0 Å². The molecular formula is C20H20N6O. The maximum absolute atomic E-state index is 12.4. The van der Waals surface area contributed by atoms with Crippen molar-refractivity contribution in [1.29, 1.82) is 0 Å². The van der Waals surface area contributed by atoms with Crippen molar-refractivity contribution in [3.63, 3.8) is 0 Å². The summed E-state index contributed by atoms with van der Waals surface area (Å²) in [6.45, 7) is 4.89. The lowest BCUT2D eigenvalue weighted by atomic mass is 10.2. The molecule has 1 amide bonds. The largest absolute Gasteiger partial charge is 0.345 e. The second kappa shape index (κ2) is 7.03. The van der Waals surface area contributed by atoms with Crippen molar-refractivity contribution in [3.8, 4) is 0 Å². The van der Waals surface area contributed by atoms with Crippen LogP contribution in [0.25, 0.3) is 11.0 Å². The summed E-state index contributed by atoms with van der Waals surface area (Å²) in [6, 6.07) is 13.6. The molecule has 2 N–H and O–H groups in total. The molecule has 0 aliphatic rings. The van der Waals surface area contributed by atoms with E-state index in [1.807, 2.05) is 50.2 Å². The number of imidazole rings is 1. The molecule has 3 aromatic heterocycles. The average Bonchev–Trinajstić information content (AvgIpc) is 3.26. The number of H-pyrrole nitrogens is 1. The molecule has 0 saturated carbocycles. The van der Waals surface area contributed by atoms with Crippen molar-refractivity contribution in [2.75, 3.05) is 0 Å². The Morgan fingerprint density at radius 3 is 2.89 bits per heavy atom. The van der Waals surface area contributed by atoms with E-state index in [1.54, 1.807) is 12.3 Å². The molecule has 0 unspecified atom stereocenters. The second-order valence-corrected chi connectivity index (χ2v) is 6.46. The Morgan fingerprint density at radius 1 is 1.19 bits per heavy atom. The van der Waals surface area contributed by atoms with Gasteiger partial charge in [-0.1, -0.05) is 18.2 Å². The molecular weight excluding hydrogens is 340 g/mol. The summed E-state index contributed by atoms with van der Waals surface area (Å²) in [5.41, 5.74) is 5.12. The molecule has 0 aliphatic carbocycles. The summed E-state index contributed by atoms with van der Waals surface area (Å²) in [5.74, 6) is 0.692. The quantitative estimate of drug-likeness (QED) is 0.573. The minimum absolute atomic E-state index is 0.227. The van der Waals surface area contributed by atoms with Gasteiger partial charge in [0, 0.05) is 6.20 Å². The number of benzene rings is 1. The topological polar surface area (TPSA) is 88.5 Å². The smallest absolute Gasteiger partial charge is 0.272 e. The van der Waals surface area contributed by atoms with Gasteiger partial charge in [0.1, 0.15) is 11.5 Å². The normalized spacial score (nSPS) is 11.0. The molecule has 0 atom stereocenters. The number of hydrogen-bond acceptors (Lipinski definition) is 4. The van der Waals surface area contributed by atoms with E-state index in [0.717, 1.165) is 33.8 Å². The minimum atomic E-state index is -0.227. The van der Waals surface area contributed by atoms with Crippen molar-refractivity contribution in [3.05, 3.63) is 77.1 Å². The number of hydrogen-bond donors (Lipinski definition) is 2. The van der Waals surface area contributed by atoms with Crippen molar-refractivity contribution in [2.45, 2.75) is 26.9 Å². The Kier molecular flexibility index (Phi) is 4.42. The van der Waals surface area contributed by atoms with E-state index in [4.69, 9.17) is 0 Å². The summed E-state index contributed by atoms with van der Waals surface area (Å²) >= 11 is 0. The van der Waals surface area contributed by atoms with E-state index in [0.29, 0.717) is 18.8 Å². The molecule has 136 valence electrons. The van der Waals surface area contributed by atoms with E-state index in [9.17, 15) is 4.79 Å². The molecule has 0 radical (unpaired) electrons. The molecule has 0 aliphatic heterocycles. The number of nitrogens with zero attached hydrogens (tertiary/aromatic N) is 4. The van der Waals surface area contributed by atoms with E-state index in [-0.39, 0.29) is 5.91 Å². The molecule has 4 aromatic rings. The van der Waals surface area contributed by atoms with Crippen molar-refractivity contribution in [2.24, 2.45) is 0 Å². The van der Waals surface area contributed by atoms with Gasteiger partial charge in [0.2, 0.25) is 0 Å². The fraction of sp³-hybridized carbons (Fsp3) is 0.200. The van der Waals surface area contributed by atoms with Crippen LogP contribution < -0.4 is 5.32 Å². The number of aromatic nitrogens is 5. The first-order valence-electron chi connectivity index (χ1n) is 8.76. The Labute approximate surface area is 156 Å². The Balaban J connectivity index is 1.47. The second-order valence-electron chi connectivity index (χ2n) is 6.46. The van der Waals surface area contributed by atoms with Crippen LogP contribution in [0.5, 0.6) is 0 Å². The number of nitrogens with one attached hydrogen (secondary N) is 2. The molecule has 0 bridgehead atoms. The van der Waals surface area contributed by atoms with Crippen LogP contribution in [0.15, 0.2) is 48.7 Å². The summed E-state index contributed by atoms with van der Waals surface area (Å²) in [7, 11) is 0. The van der Waals surface area contributed by atoms with Crippen molar-refractivity contribution in [1.82, 2.24) is 30.0 Å². The fourth-order valence-electron chi connectivity index (χ4n) is 3.08. The molecule has 27 heavy (non-hydrogen) atoms. The molecule has 7 nitrogen and oxygen atoms in total. The average molecular weight is 360 g/mol. The van der Waals surface area contributed by atoms with Crippen molar-refractivity contribution < 1.29 is 4.79 Å². The fourth-order valence-corrected chi connectivity index (χ4v) is 3.08. The van der Waals surface area contributed by atoms with Gasteiger partial charge in [-0.05, 0) is 43.7 Å². The van der Waals surface area contributed by atoms with Crippen LogP contribution in [0.4, 0.5) is 0 Å². The van der Waals surface area contributed by atoms with Gasteiger partial charge in [0.05, 0.1) is 35.5 Å². The Bertz CT molecular complexity index is 1110. The highest BCUT2D eigenvalue weighted by Gasteiger charge is 2.13. The van der Waals surface area contributed by atoms with Crippen LogP contribution in [-0.2, 0) is 13.1 Å². The number of para-hydroxylation sites is 2. The van der Waals surface area contributed by atoms with Gasteiger partial charge in [-0.15, -0.1) is 0 Å². The number of fused-ring (bicyclic) bond motifs is 1. The predicted molar refractivity (Wildman–Crippen MR) is 102 cm³/mol. The number of carbonyl (C=O) groups is 1. The van der Waals surface area contributed by atoms with Crippen LogP contribution in [0.2, 0.25) is 0 Å². The maximum atomic E-state index is 12.4. The number of pyridine rings is 1.